The molecule has 0 atom stereocenters. The Balaban J connectivity index is 1.62. The molecule has 1 aromatic heterocycles. The van der Waals surface area contributed by atoms with Gasteiger partial charge in [-0.15, -0.1) is 0 Å². The van der Waals surface area contributed by atoms with E-state index in [1.54, 1.807) is 6.07 Å². The molecule has 2 amide bonds. The van der Waals surface area contributed by atoms with Crippen LogP contribution in [0.3, 0.4) is 0 Å². The second-order valence-corrected chi connectivity index (χ2v) is 5.64. The molecule has 0 aliphatic carbocycles. The van der Waals surface area contributed by atoms with Crippen LogP contribution in [0.1, 0.15) is 29.6 Å². The van der Waals surface area contributed by atoms with E-state index >= 15 is 0 Å². The molecular weight excluding hydrogens is 274 g/mol. The van der Waals surface area contributed by atoms with Crippen LogP contribution in [-0.2, 0) is 4.79 Å². The van der Waals surface area contributed by atoms with Crippen molar-refractivity contribution in [3.05, 3.63) is 22.4 Å². The molecule has 110 valence electrons. The molecule has 1 fully saturated rings. The Morgan fingerprint density at radius 3 is 3.05 bits per heavy atom. The first-order valence-corrected chi connectivity index (χ1v) is 8.00. The van der Waals surface area contributed by atoms with Crippen molar-refractivity contribution in [1.29, 1.82) is 0 Å². The molecule has 6 heteroatoms. The van der Waals surface area contributed by atoms with Crippen LogP contribution in [-0.4, -0.2) is 49.4 Å². The molecule has 2 N–H and O–H groups in total. The first-order valence-electron chi connectivity index (χ1n) is 7.06. The molecule has 0 bridgehead atoms. The smallest absolute Gasteiger partial charge is 0.252 e. The van der Waals surface area contributed by atoms with Gasteiger partial charge in [0.25, 0.3) is 5.91 Å². The fourth-order valence-corrected chi connectivity index (χ4v) is 2.83. The van der Waals surface area contributed by atoms with Crippen LogP contribution in [0.15, 0.2) is 16.8 Å². The van der Waals surface area contributed by atoms with E-state index in [9.17, 15) is 9.59 Å². The number of nitrogens with one attached hydrogen (secondary N) is 2. The average molecular weight is 295 g/mol. The minimum atomic E-state index is -0.0577. The lowest BCUT2D eigenvalue weighted by Crippen LogP contribution is -2.34. The van der Waals surface area contributed by atoms with Gasteiger partial charge < -0.3 is 15.5 Å². The lowest BCUT2D eigenvalue weighted by Gasteiger charge is -2.19. The summed E-state index contributed by atoms with van der Waals surface area (Å²) < 4.78 is 0. The van der Waals surface area contributed by atoms with Crippen molar-refractivity contribution in [3.8, 4) is 0 Å². The third-order valence-electron chi connectivity index (χ3n) is 3.33. The fraction of sp³-hybridized carbons (Fsp3) is 0.571. The van der Waals surface area contributed by atoms with E-state index in [0.29, 0.717) is 24.9 Å². The van der Waals surface area contributed by atoms with E-state index in [1.165, 1.54) is 11.3 Å². The molecule has 0 aromatic carbocycles. The van der Waals surface area contributed by atoms with E-state index in [4.69, 9.17) is 0 Å². The molecule has 2 heterocycles. The highest BCUT2D eigenvalue weighted by Gasteiger charge is 2.14. The summed E-state index contributed by atoms with van der Waals surface area (Å²) in [5.41, 5.74) is 0.694. The van der Waals surface area contributed by atoms with Crippen molar-refractivity contribution in [2.75, 3.05) is 32.7 Å². The number of nitrogens with zero attached hydrogens (tertiary/aromatic N) is 1. The quantitative estimate of drug-likeness (QED) is 0.799. The molecular formula is C14H21N3O2S. The van der Waals surface area contributed by atoms with Crippen LogP contribution in [0.25, 0.3) is 0 Å². The van der Waals surface area contributed by atoms with E-state index in [2.05, 4.69) is 10.6 Å². The first kappa shape index (κ1) is 15.0. The van der Waals surface area contributed by atoms with Crippen molar-refractivity contribution in [2.24, 2.45) is 0 Å². The summed E-state index contributed by atoms with van der Waals surface area (Å²) in [4.78, 5) is 25.6. The average Bonchev–Trinajstić information content (AvgIpc) is 2.85. The maximum Gasteiger partial charge on any atom is 0.252 e. The molecule has 1 aromatic rings. The maximum absolute atomic E-state index is 12.0. The molecule has 0 radical (unpaired) electrons. The molecule has 1 aliphatic rings. The molecule has 1 saturated heterocycles. The predicted molar refractivity (Wildman–Crippen MR) is 80.0 cm³/mol. The summed E-state index contributed by atoms with van der Waals surface area (Å²) in [6.07, 6.45) is 2.21. The zero-order valence-corrected chi connectivity index (χ0v) is 12.4. The summed E-state index contributed by atoms with van der Waals surface area (Å²) in [6.45, 7) is 4.04. The third-order valence-corrected chi connectivity index (χ3v) is 4.01. The van der Waals surface area contributed by atoms with Crippen LogP contribution in [0.4, 0.5) is 0 Å². The van der Waals surface area contributed by atoms with E-state index in [0.717, 1.165) is 32.6 Å². The largest absolute Gasteiger partial charge is 0.352 e. The Kier molecular flexibility index (Phi) is 6.01. The highest BCUT2D eigenvalue weighted by atomic mass is 32.1. The minimum Gasteiger partial charge on any atom is -0.352 e. The van der Waals surface area contributed by atoms with Crippen molar-refractivity contribution >= 4 is 23.2 Å². The number of amides is 2. The summed E-state index contributed by atoms with van der Waals surface area (Å²) in [5.74, 6) is 0.135. The van der Waals surface area contributed by atoms with Gasteiger partial charge in [0.15, 0.2) is 0 Å². The molecule has 0 saturated carbocycles. The van der Waals surface area contributed by atoms with Gasteiger partial charge >= 0.3 is 0 Å². The number of thiophene rings is 1. The predicted octanol–water partition coefficient (Wildman–Crippen LogP) is 1.08. The van der Waals surface area contributed by atoms with Gasteiger partial charge in [-0.3, -0.25) is 9.59 Å². The summed E-state index contributed by atoms with van der Waals surface area (Å²) in [6, 6.07) is 1.80. The number of hydrogen-bond acceptors (Lipinski definition) is 4. The topological polar surface area (TPSA) is 61.4 Å². The number of hydrogen-bond donors (Lipinski definition) is 2. The number of rotatable bonds is 5. The fourth-order valence-electron chi connectivity index (χ4n) is 2.19. The molecule has 1 aliphatic heterocycles. The number of carbonyl (C=O) groups excluding carboxylic acids is 2. The second kappa shape index (κ2) is 8.01. The SMILES string of the molecule is O=C(NCCCC(=O)N1CCCNCC1)c1ccsc1. The minimum absolute atomic E-state index is 0.0577. The van der Waals surface area contributed by atoms with Gasteiger partial charge in [-0.25, -0.2) is 0 Å². The summed E-state index contributed by atoms with van der Waals surface area (Å²) >= 11 is 1.51. The maximum atomic E-state index is 12.0. The van der Waals surface area contributed by atoms with E-state index in [1.807, 2.05) is 15.7 Å². The van der Waals surface area contributed by atoms with Crippen molar-refractivity contribution in [1.82, 2.24) is 15.5 Å². The van der Waals surface area contributed by atoms with Crippen LogP contribution in [0.5, 0.6) is 0 Å². The summed E-state index contributed by atoms with van der Waals surface area (Å²) in [5, 5.41) is 9.83. The van der Waals surface area contributed by atoms with Gasteiger partial charge in [0.2, 0.25) is 5.91 Å². The van der Waals surface area contributed by atoms with Crippen molar-refractivity contribution < 1.29 is 9.59 Å². The summed E-state index contributed by atoms with van der Waals surface area (Å²) in [7, 11) is 0. The highest BCUT2D eigenvalue weighted by Crippen LogP contribution is 2.05. The lowest BCUT2D eigenvalue weighted by molar-refractivity contribution is -0.131. The van der Waals surface area contributed by atoms with Gasteiger partial charge in [0.1, 0.15) is 0 Å². The van der Waals surface area contributed by atoms with Crippen molar-refractivity contribution in [2.45, 2.75) is 19.3 Å². The molecule has 0 unspecified atom stereocenters. The standard InChI is InChI=1S/C14H21N3O2S/c18-13(17-8-2-5-15-7-9-17)3-1-6-16-14(19)12-4-10-20-11-12/h4,10-11,15H,1-3,5-9H2,(H,16,19). The van der Waals surface area contributed by atoms with Crippen LogP contribution in [0, 0.1) is 0 Å². The Morgan fingerprint density at radius 1 is 1.35 bits per heavy atom. The monoisotopic (exact) mass is 295 g/mol. The van der Waals surface area contributed by atoms with Gasteiger partial charge in [0.05, 0.1) is 0 Å². The molecule has 0 spiro atoms. The van der Waals surface area contributed by atoms with Crippen LogP contribution >= 0.6 is 11.3 Å². The van der Waals surface area contributed by atoms with Gasteiger partial charge in [-0.05, 0) is 30.8 Å². The Morgan fingerprint density at radius 2 is 2.25 bits per heavy atom. The van der Waals surface area contributed by atoms with Crippen LogP contribution in [0.2, 0.25) is 0 Å². The Hall–Kier alpha value is -1.40. The van der Waals surface area contributed by atoms with Crippen molar-refractivity contribution in [3.63, 3.8) is 0 Å². The highest BCUT2D eigenvalue weighted by molar-refractivity contribution is 7.08. The Bertz CT molecular complexity index is 426. The van der Waals surface area contributed by atoms with Gasteiger partial charge in [0, 0.05) is 43.5 Å². The zero-order valence-electron chi connectivity index (χ0n) is 11.6. The van der Waals surface area contributed by atoms with Gasteiger partial charge in [-0.2, -0.15) is 11.3 Å². The molecule has 5 nitrogen and oxygen atoms in total. The lowest BCUT2D eigenvalue weighted by atomic mass is 10.2. The van der Waals surface area contributed by atoms with Crippen LogP contribution < -0.4 is 10.6 Å². The first-order chi connectivity index (χ1) is 9.77. The second-order valence-electron chi connectivity index (χ2n) is 4.86. The van der Waals surface area contributed by atoms with E-state index < -0.39 is 0 Å². The van der Waals surface area contributed by atoms with Gasteiger partial charge in [-0.1, -0.05) is 0 Å². The molecule has 20 heavy (non-hydrogen) atoms. The Labute approximate surface area is 123 Å². The van der Waals surface area contributed by atoms with E-state index in [-0.39, 0.29) is 11.8 Å². The number of carbonyl (C=O) groups is 2. The third kappa shape index (κ3) is 4.61. The normalized spacial score (nSPS) is 15.7. The zero-order chi connectivity index (χ0) is 14.2. The molecule has 2 rings (SSSR count).